The Bertz CT molecular complexity index is 584. The van der Waals surface area contributed by atoms with Crippen LogP contribution >= 0.6 is 0 Å². The number of methoxy groups -OCH3 is 1. The van der Waals surface area contributed by atoms with Gasteiger partial charge in [-0.1, -0.05) is 6.07 Å². The molecule has 2 aromatic rings. The molecule has 0 unspecified atom stereocenters. The second kappa shape index (κ2) is 5.39. The van der Waals surface area contributed by atoms with Gasteiger partial charge < -0.3 is 15.4 Å². The van der Waals surface area contributed by atoms with E-state index in [1.54, 1.807) is 24.5 Å². The first-order valence-electron chi connectivity index (χ1n) is 5.75. The molecule has 0 aliphatic heterocycles. The van der Waals surface area contributed by atoms with E-state index in [1.807, 2.05) is 30.1 Å². The van der Waals surface area contributed by atoms with E-state index in [0.717, 1.165) is 11.4 Å². The van der Waals surface area contributed by atoms with Crippen LogP contribution < -0.4 is 10.6 Å². The molecule has 0 bridgehead atoms. The number of anilines is 3. The van der Waals surface area contributed by atoms with Crippen molar-refractivity contribution in [1.29, 1.82) is 0 Å². The number of carbonyl (C=O) groups excluding carboxylic acids is 1. The van der Waals surface area contributed by atoms with Crippen molar-refractivity contribution in [2.45, 2.75) is 0 Å². The van der Waals surface area contributed by atoms with Gasteiger partial charge >= 0.3 is 5.97 Å². The molecule has 0 aliphatic carbocycles. The molecule has 1 aromatic heterocycles. The number of hydrogen-bond acceptors (Lipinski definition) is 5. The number of nitrogens with two attached hydrogens (primary N) is 1. The largest absolute Gasteiger partial charge is 0.465 e. The highest BCUT2D eigenvalue weighted by atomic mass is 16.5. The molecule has 0 saturated heterocycles. The molecule has 0 saturated carbocycles. The van der Waals surface area contributed by atoms with Gasteiger partial charge in [-0.2, -0.15) is 0 Å². The van der Waals surface area contributed by atoms with E-state index in [1.165, 1.54) is 7.11 Å². The van der Waals surface area contributed by atoms with Crippen molar-refractivity contribution in [2.75, 3.05) is 24.8 Å². The standard InChI is InChI=1S/C14H15N3O2/c1-17(10-5-4-8-16-9-10)12-7-3-6-11(13(12)15)14(18)19-2/h3-9H,15H2,1-2H3. The Labute approximate surface area is 111 Å². The molecule has 2 N–H and O–H groups in total. The van der Waals surface area contributed by atoms with Gasteiger partial charge in [0.25, 0.3) is 0 Å². The highest BCUT2D eigenvalue weighted by Gasteiger charge is 2.15. The topological polar surface area (TPSA) is 68.5 Å². The van der Waals surface area contributed by atoms with Crippen LogP contribution in [0, 0.1) is 0 Å². The number of para-hydroxylation sites is 1. The minimum Gasteiger partial charge on any atom is -0.465 e. The normalized spacial score (nSPS) is 10.0. The predicted molar refractivity (Wildman–Crippen MR) is 74.5 cm³/mol. The lowest BCUT2D eigenvalue weighted by atomic mass is 10.1. The van der Waals surface area contributed by atoms with Crippen LogP contribution in [0.1, 0.15) is 10.4 Å². The molecule has 98 valence electrons. The van der Waals surface area contributed by atoms with Crippen LogP contribution in [-0.4, -0.2) is 25.1 Å². The number of nitrogens with zero attached hydrogens (tertiary/aromatic N) is 2. The van der Waals surface area contributed by atoms with Crippen LogP contribution in [0.5, 0.6) is 0 Å². The highest BCUT2D eigenvalue weighted by Crippen LogP contribution is 2.30. The van der Waals surface area contributed by atoms with Crippen molar-refractivity contribution in [3.63, 3.8) is 0 Å². The fourth-order valence-corrected chi connectivity index (χ4v) is 1.82. The van der Waals surface area contributed by atoms with Crippen molar-refractivity contribution < 1.29 is 9.53 Å². The number of ether oxygens (including phenoxy) is 1. The average Bonchev–Trinajstić information content (AvgIpc) is 2.47. The molecule has 5 heteroatoms. The van der Waals surface area contributed by atoms with Crippen molar-refractivity contribution in [1.82, 2.24) is 4.98 Å². The summed E-state index contributed by atoms with van der Waals surface area (Å²) >= 11 is 0. The van der Waals surface area contributed by atoms with Crippen LogP contribution in [-0.2, 0) is 4.74 Å². The molecule has 5 nitrogen and oxygen atoms in total. The molecule has 0 atom stereocenters. The lowest BCUT2D eigenvalue weighted by Gasteiger charge is -2.21. The zero-order valence-electron chi connectivity index (χ0n) is 10.8. The zero-order valence-corrected chi connectivity index (χ0v) is 10.8. The summed E-state index contributed by atoms with van der Waals surface area (Å²) < 4.78 is 4.71. The Morgan fingerprint density at radius 1 is 1.32 bits per heavy atom. The lowest BCUT2D eigenvalue weighted by Crippen LogP contribution is -2.14. The van der Waals surface area contributed by atoms with E-state index in [9.17, 15) is 4.79 Å². The van der Waals surface area contributed by atoms with Gasteiger partial charge in [-0.3, -0.25) is 4.98 Å². The number of rotatable bonds is 3. The van der Waals surface area contributed by atoms with Gasteiger partial charge in [0.05, 0.1) is 35.9 Å². The maximum absolute atomic E-state index is 11.6. The van der Waals surface area contributed by atoms with Crippen molar-refractivity contribution in [2.24, 2.45) is 0 Å². The molecule has 1 heterocycles. The predicted octanol–water partition coefficient (Wildman–Crippen LogP) is 2.22. The summed E-state index contributed by atoms with van der Waals surface area (Å²) in [5, 5.41) is 0. The zero-order chi connectivity index (χ0) is 13.8. The van der Waals surface area contributed by atoms with E-state index < -0.39 is 5.97 Å². The average molecular weight is 257 g/mol. The van der Waals surface area contributed by atoms with Crippen molar-refractivity contribution in [3.8, 4) is 0 Å². The minimum atomic E-state index is -0.445. The van der Waals surface area contributed by atoms with Crippen molar-refractivity contribution in [3.05, 3.63) is 48.3 Å². The third-order valence-electron chi connectivity index (χ3n) is 2.88. The van der Waals surface area contributed by atoms with Gasteiger partial charge in [0.15, 0.2) is 0 Å². The quantitative estimate of drug-likeness (QED) is 0.674. The summed E-state index contributed by atoms with van der Waals surface area (Å²) in [5.74, 6) is -0.445. The number of aromatic nitrogens is 1. The van der Waals surface area contributed by atoms with Crippen LogP contribution in [0.25, 0.3) is 0 Å². The Hall–Kier alpha value is -2.56. The van der Waals surface area contributed by atoms with E-state index in [2.05, 4.69) is 4.98 Å². The maximum Gasteiger partial charge on any atom is 0.340 e. The second-order valence-electron chi connectivity index (χ2n) is 4.00. The fraction of sp³-hybridized carbons (Fsp3) is 0.143. The molecule has 19 heavy (non-hydrogen) atoms. The second-order valence-corrected chi connectivity index (χ2v) is 4.00. The molecule has 1 aromatic carbocycles. The Kier molecular flexibility index (Phi) is 3.66. The first-order valence-corrected chi connectivity index (χ1v) is 5.75. The van der Waals surface area contributed by atoms with Gasteiger partial charge in [0.2, 0.25) is 0 Å². The van der Waals surface area contributed by atoms with Gasteiger partial charge in [-0.15, -0.1) is 0 Å². The number of esters is 1. The smallest absolute Gasteiger partial charge is 0.340 e. The molecular weight excluding hydrogens is 242 g/mol. The Balaban J connectivity index is 2.43. The summed E-state index contributed by atoms with van der Waals surface area (Å²) in [6.45, 7) is 0. The molecule has 0 amide bonds. The first-order chi connectivity index (χ1) is 9.15. The summed E-state index contributed by atoms with van der Waals surface area (Å²) in [6.07, 6.45) is 3.43. The van der Waals surface area contributed by atoms with Gasteiger partial charge in [-0.25, -0.2) is 4.79 Å². The molecule has 0 radical (unpaired) electrons. The van der Waals surface area contributed by atoms with Crippen molar-refractivity contribution >= 4 is 23.0 Å². The Morgan fingerprint density at radius 2 is 2.11 bits per heavy atom. The van der Waals surface area contributed by atoms with Gasteiger partial charge in [0, 0.05) is 13.2 Å². The van der Waals surface area contributed by atoms with Crippen LogP contribution in [0.15, 0.2) is 42.7 Å². The van der Waals surface area contributed by atoms with Crippen LogP contribution in [0.4, 0.5) is 17.1 Å². The molecule has 0 aliphatic rings. The van der Waals surface area contributed by atoms with E-state index in [0.29, 0.717) is 11.3 Å². The maximum atomic E-state index is 11.6. The van der Waals surface area contributed by atoms with E-state index >= 15 is 0 Å². The third kappa shape index (κ3) is 2.49. The first kappa shape index (κ1) is 12.9. The number of nitrogen functional groups attached to an aromatic ring is 1. The summed E-state index contributed by atoms with van der Waals surface area (Å²) in [7, 11) is 3.20. The molecular formula is C14H15N3O2. The summed E-state index contributed by atoms with van der Waals surface area (Å²) in [5.41, 5.74) is 8.40. The summed E-state index contributed by atoms with van der Waals surface area (Å²) in [6, 6.07) is 9.00. The van der Waals surface area contributed by atoms with E-state index in [-0.39, 0.29) is 0 Å². The van der Waals surface area contributed by atoms with Gasteiger partial charge in [0.1, 0.15) is 0 Å². The fourth-order valence-electron chi connectivity index (χ4n) is 1.82. The van der Waals surface area contributed by atoms with Crippen LogP contribution in [0.3, 0.4) is 0 Å². The number of carbonyl (C=O) groups is 1. The third-order valence-corrected chi connectivity index (χ3v) is 2.88. The molecule has 2 rings (SSSR count). The SMILES string of the molecule is COC(=O)c1cccc(N(C)c2cccnc2)c1N. The monoisotopic (exact) mass is 257 g/mol. The lowest BCUT2D eigenvalue weighted by molar-refractivity contribution is 0.0602. The molecule has 0 fully saturated rings. The number of pyridine rings is 1. The molecule has 0 spiro atoms. The summed E-state index contributed by atoms with van der Waals surface area (Å²) in [4.78, 5) is 17.5. The minimum absolute atomic E-state index is 0.357. The highest BCUT2D eigenvalue weighted by molar-refractivity contribution is 5.99. The number of hydrogen-bond donors (Lipinski definition) is 1. The Morgan fingerprint density at radius 3 is 2.74 bits per heavy atom. The number of benzene rings is 1. The van der Waals surface area contributed by atoms with Crippen LogP contribution in [0.2, 0.25) is 0 Å². The van der Waals surface area contributed by atoms with Gasteiger partial charge in [-0.05, 0) is 24.3 Å². The van der Waals surface area contributed by atoms with E-state index in [4.69, 9.17) is 10.5 Å².